The van der Waals surface area contributed by atoms with E-state index >= 15 is 0 Å². The molecule has 19 heavy (non-hydrogen) atoms. The predicted octanol–water partition coefficient (Wildman–Crippen LogP) is 2.52. The smallest absolute Gasteiger partial charge is 0.335 e. The molecule has 0 radical (unpaired) electrons. The van der Waals surface area contributed by atoms with Gasteiger partial charge in [0.25, 0.3) is 5.91 Å². The van der Waals surface area contributed by atoms with E-state index in [9.17, 15) is 9.59 Å². The molecule has 0 atom stereocenters. The number of nitrogens with zero attached hydrogens (tertiary/aromatic N) is 1. The summed E-state index contributed by atoms with van der Waals surface area (Å²) in [5.74, 6) is -0.535. The maximum Gasteiger partial charge on any atom is 0.335 e. The Morgan fingerprint density at radius 3 is 2.89 bits per heavy atom. The lowest BCUT2D eigenvalue weighted by Crippen LogP contribution is -2.28. The zero-order valence-electron chi connectivity index (χ0n) is 10.6. The van der Waals surface area contributed by atoms with Crippen LogP contribution in [0.25, 0.3) is 0 Å². The Hall–Kier alpha value is -1.62. The summed E-state index contributed by atoms with van der Waals surface area (Å²) < 4.78 is 5.77. The molecule has 0 saturated carbocycles. The fraction of sp³-hybridized carbons (Fsp3) is 0.286. The maximum absolute atomic E-state index is 12.2. The number of ether oxygens (including phenoxy) is 1. The lowest BCUT2D eigenvalue weighted by molar-refractivity contribution is -0.138. The first-order valence-corrected chi connectivity index (χ1v) is 6.75. The number of hydrogen-bond donors (Lipinski definition) is 0. The van der Waals surface area contributed by atoms with Gasteiger partial charge < -0.3 is 9.64 Å². The minimum absolute atomic E-state index is 0.0817. The number of carbonyl (C=O) groups is 2. The molecule has 0 unspecified atom stereocenters. The third-order valence-corrected chi connectivity index (χ3v) is 3.67. The Kier molecular flexibility index (Phi) is 4.04. The van der Waals surface area contributed by atoms with Gasteiger partial charge >= 0.3 is 5.97 Å². The van der Waals surface area contributed by atoms with Gasteiger partial charge in [-0.2, -0.15) is 0 Å². The van der Waals surface area contributed by atoms with Crippen LogP contribution in [0.2, 0.25) is 0 Å². The van der Waals surface area contributed by atoms with Crippen molar-refractivity contribution in [2.45, 2.75) is 13.5 Å². The summed E-state index contributed by atoms with van der Waals surface area (Å²) in [7, 11) is 0. The maximum atomic E-state index is 12.2. The van der Waals surface area contributed by atoms with E-state index in [2.05, 4.69) is 22.5 Å². The van der Waals surface area contributed by atoms with E-state index < -0.39 is 5.97 Å². The summed E-state index contributed by atoms with van der Waals surface area (Å²) in [6, 6.07) is 5.51. The average molecular weight is 324 g/mol. The summed E-state index contributed by atoms with van der Waals surface area (Å²) in [4.78, 5) is 25.3. The lowest BCUT2D eigenvalue weighted by atomic mass is 10.1. The largest absolute Gasteiger partial charge is 0.463 e. The van der Waals surface area contributed by atoms with Crippen LogP contribution in [-0.2, 0) is 16.1 Å². The van der Waals surface area contributed by atoms with Crippen LogP contribution in [0.3, 0.4) is 0 Å². The molecule has 0 N–H and O–H groups in total. The molecule has 100 valence electrons. The number of rotatable bonds is 4. The summed E-state index contributed by atoms with van der Waals surface area (Å²) in [5, 5.41) is 0. The number of esters is 1. The first kappa shape index (κ1) is 13.8. The van der Waals surface area contributed by atoms with Gasteiger partial charge in [-0.3, -0.25) is 4.79 Å². The zero-order chi connectivity index (χ0) is 14.0. The standard InChI is InChI=1S/C14H14BrNO3/c1-3-19-14(18)9(2)7-16-8-11-10(13(16)17)5-4-6-12(11)15/h4-6H,2-3,7-8H2,1H3. The van der Waals surface area contributed by atoms with Crippen LogP contribution in [0.4, 0.5) is 0 Å². The molecule has 0 bridgehead atoms. The third kappa shape index (κ3) is 2.71. The summed E-state index contributed by atoms with van der Waals surface area (Å²) in [6.07, 6.45) is 0. The van der Waals surface area contributed by atoms with E-state index in [-0.39, 0.29) is 12.5 Å². The third-order valence-electron chi connectivity index (χ3n) is 2.93. The van der Waals surface area contributed by atoms with Crippen molar-refractivity contribution in [3.63, 3.8) is 0 Å². The van der Waals surface area contributed by atoms with E-state index in [1.165, 1.54) is 0 Å². The molecule has 4 nitrogen and oxygen atoms in total. The SMILES string of the molecule is C=C(CN1Cc2c(Br)cccc2C1=O)C(=O)OCC. The van der Waals surface area contributed by atoms with Gasteiger partial charge in [-0.1, -0.05) is 28.6 Å². The number of amides is 1. The van der Waals surface area contributed by atoms with Gasteiger partial charge in [0.05, 0.1) is 13.2 Å². The van der Waals surface area contributed by atoms with Crippen molar-refractivity contribution in [1.82, 2.24) is 4.90 Å². The van der Waals surface area contributed by atoms with Crippen molar-refractivity contribution in [2.75, 3.05) is 13.2 Å². The average Bonchev–Trinajstić information content (AvgIpc) is 2.69. The van der Waals surface area contributed by atoms with Crippen LogP contribution in [0.15, 0.2) is 34.8 Å². The van der Waals surface area contributed by atoms with E-state index in [0.29, 0.717) is 24.3 Å². The lowest BCUT2D eigenvalue weighted by Gasteiger charge is -2.16. The molecule has 1 amide bonds. The van der Waals surface area contributed by atoms with Crippen LogP contribution in [0.5, 0.6) is 0 Å². The van der Waals surface area contributed by atoms with Crippen molar-refractivity contribution in [2.24, 2.45) is 0 Å². The molecule has 0 aromatic heterocycles. The normalized spacial score (nSPS) is 13.4. The van der Waals surface area contributed by atoms with E-state index in [4.69, 9.17) is 4.74 Å². The van der Waals surface area contributed by atoms with Gasteiger partial charge in [0.1, 0.15) is 0 Å². The Bertz CT molecular complexity index is 554. The van der Waals surface area contributed by atoms with Gasteiger partial charge in [0.15, 0.2) is 0 Å². The summed E-state index contributed by atoms with van der Waals surface area (Å²) in [5.41, 5.74) is 1.91. The van der Waals surface area contributed by atoms with Crippen LogP contribution in [0, 0.1) is 0 Å². The van der Waals surface area contributed by atoms with Gasteiger partial charge in [-0.05, 0) is 24.6 Å². The second kappa shape index (κ2) is 5.57. The van der Waals surface area contributed by atoms with Gasteiger partial charge in [0.2, 0.25) is 0 Å². The fourth-order valence-corrected chi connectivity index (χ4v) is 2.50. The second-order valence-corrected chi connectivity index (χ2v) is 5.11. The highest BCUT2D eigenvalue weighted by atomic mass is 79.9. The van der Waals surface area contributed by atoms with Crippen LogP contribution in [0.1, 0.15) is 22.8 Å². The van der Waals surface area contributed by atoms with Crippen molar-refractivity contribution >= 4 is 27.8 Å². The van der Waals surface area contributed by atoms with Crippen molar-refractivity contribution in [3.05, 3.63) is 46.0 Å². The molecule has 0 spiro atoms. The zero-order valence-corrected chi connectivity index (χ0v) is 12.2. The molecule has 0 fully saturated rings. The Labute approximate surface area is 120 Å². The van der Waals surface area contributed by atoms with Crippen LogP contribution in [-0.4, -0.2) is 29.9 Å². The fourth-order valence-electron chi connectivity index (χ4n) is 2.01. The number of benzene rings is 1. The highest BCUT2D eigenvalue weighted by Gasteiger charge is 2.29. The van der Waals surface area contributed by atoms with Crippen molar-refractivity contribution in [1.29, 1.82) is 0 Å². The Morgan fingerprint density at radius 2 is 2.26 bits per heavy atom. The molecule has 1 aromatic carbocycles. The number of carbonyl (C=O) groups excluding carboxylic acids is 2. The van der Waals surface area contributed by atoms with Gasteiger partial charge in [-0.25, -0.2) is 4.79 Å². The van der Waals surface area contributed by atoms with E-state index in [1.807, 2.05) is 12.1 Å². The molecule has 2 rings (SSSR count). The van der Waals surface area contributed by atoms with E-state index in [1.54, 1.807) is 17.9 Å². The predicted molar refractivity (Wildman–Crippen MR) is 74.7 cm³/mol. The number of hydrogen-bond acceptors (Lipinski definition) is 3. The molecule has 5 heteroatoms. The molecule has 0 aliphatic carbocycles. The number of fused-ring (bicyclic) bond motifs is 1. The molecule has 1 aromatic rings. The minimum Gasteiger partial charge on any atom is -0.463 e. The van der Waals surface area contributed by atoms with Crippen molar-refractivity contribution in [3.8, 4) is 0 Å². The molecule has 1 aliphatic rings. The highest BCUT2D eigenvalue weighted by molar-refractivity contribution is 9.10. The molecule has 1 aliphatic heterocycles. The minimum atomic E-state index is -0.453. The first-order chi connectivity index (χ1) is 9.04. The number of halogens is 1. The second-order valence-electron chi connectivity index (χ2n) is 4.25. The Morgan fingerprint density at radius 1 is 1.53 bits per heavy atom. The van der Waals surface area contributed by atoms with Crippen LogP contribution < -0.4 is 0 Å². The topological polar surface area (TPSA) is 46.6 Å². The molecular formula is C14H14BrNO3. The Balaban J connectivity index is 2.10. The summed E-state index contributed by atoms with van der Waals surface area (Å²) in [6.45, 7) is 6.39. The highest BCUT2D eigenvalue weighted by Crippen LogP contribution is 2.29. The van der Waals surface area contributed by atoms with Gasteiger partial charge in [0, 0.05) is 22.2 Å². The van der Waals surface area contributed by atoms with E-state index in [0.717, 1.165) is 10.0 Å². The van der Waals surface area contributed by atoms with Crippen molar-refractivity contribution < 1.29 is 14.3 Å². The van der Waals surface area contributed by atoms with Gasteiger partial charge in [-0.15, -0.1) is 0 Å². The quantitative estimate of drug-likeness (QED) is 0.632. The first-order valence-electron chi connectivity index (χ1n) is 5.96. The van der Waals surface area contributed by atoms with Crippen LogP contribution >= 0.6 is 15.9 Å². The summed E-state index contributed by atoms with van der Waals surface area (Å²) >= 11 is 3.43. The molecule has 0 saturated heterocycles. The molecule has 1 heterocycles. The molecular weight excluding hydrogens is 310 g/mol. The monoisotopic (exact) mass is 323 g/mol.